The summed E-state index contributed by atoms with van der Waals surface area (Å²) < 4.78 is 11.4. The molecule has 2 fully saturated rings. The lowest BCUT2D eigenvalue weighted by Gasteiger charge is -2.45. The van der Waals surface area contributed by atoms with Gasteiger partial charge in [-0.25, -0.2) is 0 Å². The number of carbonyl (C=O) groups is 2. The molecule has 2 amide bonds. The third-order valence-corrected chi connectivity index (χ3v) is 7.61. The summed E-state index contributed by atoms with van der Waals surface area (Å²) in [7, 11) is 1.60. The van der Waals surface area contributed by atoms with E-state index in [1.165, 1.54) is 0 Å². The molecule has 1 saturated heterocycles. The third kappa shape index (κ3) is 5.18. The maximum Gasteiger partial charge on any atom is 0.250 e. The van der Waals surface area contributed by atoms with Crippen molar-refractivity contribution in [3.63, 3.8) is 0 Å². The van der Waals surface area contributed by atoms with E-state index in [9.17, 15) is 9.59 Å². The fraction of sp³-hybridized carbons (Fsp3) is 0.538. The Kier molecular flexibility index (Phi) is 7.58. The second-order valence-corrected chi connectivity index (χ2v) is 10.2. The van der Waals surface area contributed by atoms with Gasteiger partial charge in [0.2, 0.25) is 5.91 Å². The molecule has 178 valence electrons. The number of ether oxygens (including phenoxy) is 2. The monoisotopic (exact) mass is 470 g/mol. The number of carbonyl (C=O) groups excluding carboxylic acids is 2. The second-order valence-electron chi connectivity index (χ2n) is 9.14. The molecule has 2 heterocycles. The van der Waals surface area contributed by atoms with Gasteiger partial charge >= 0.3 is 0 Å². The number of amides is 2. The average Bonchev–Trinajstić information content (AvgIpc) is 3.34. The van der Waals surface area contributed by atoms with Crippen molar-refractivity contribution >= 4 is 23.2 Å². The summed E-state index contributed by atoms with van der Waals surface area (Å²) in [6.07, 6.45) is 5.02. The van der Waals surface area contributed by atoms with Gasteiger partial charge < -0.3 is 19.3 Å². The van der Waals surface area contributed by atoms with E-state index >= 15 is 0 Å². The molecular formula is C26H34N2O4S. The molecule has 7 heteroatoms. The van der Waals surface area contributed by atoms with E-state index in [1.54, 1.807) is 23.3 Å². The number of thiophene rings is 1. The molecule has 1 aliphatic heterocycles. The Labute approximate surface area is 200 Å². The summed E-state index contributed by atoms with van der Waals surface area (Å²) in [5, 5.41) is 2.00. The van der Waals surface area contributed by atoms with Crippen molar-refractivity contribution in [1.82, 2.24) is 9.80 Å². The summed E-state index contributed by atoms with van der Waals surface area (Å²) in [4.78, 5) is 32.0. The third-order valence-electron chi connectivity index (χ3n) is 6.75. The Balaban J connectivity index is 1.67. The molecule has 33 heavy (non-hydrogen) atoms. The largest absolute Gasteiger partial charge is 0.493 e. The summed E-state index contributed by atoms with van der Waals surface area (Å²) >= 11 is 1.60. The number of piperazine rings is 1. The van der Waals surface area contributed by atoms with Gasteiger partial charge in [0.15, 0.2) is 11.5 Å². The fourth-order valence-electron chi connectivity index (χ4n) is 4.87. The van der Waals surface area contributed by atoms with E-state index in [4.69, 9.17) is 9.47 Å². The van der Waals surface area contributed by atoms with Crippen molar-refractivity contribution in [1.29, 1.82) is 0 Å². The van der Waals surface area contributed by atoms with Gasteiger partial charge in [-0.3, -0.25) is 9.59 Å². The highest BCUT2D eigenvalue weighted by molar-refractivity contribution is 7.09. The first kappa shape index (κ1) is 23.6. The number of nitrogens with zero attached hydrogens (tertiary/aromatic N) is 2. The molecule has 0 radical (unpaired) electrons. The zero-order valence-electron chi connectivity index (χ0n) is 19.8. The van der Waals surface area contributed by atoms with Gasteiger partial charge in [0.1, 0.15) is 12.6 Å². The van der Waals surface area contributed by atoms with Crippen molar-refractivity contribution in [2.75, 3.05) is 20.3 Å². The molecule has 2 aromatic rings. The molecule has 2 aliphatic rings. The smallest absolute Gasteiger partial charge is 0.250 e. The molecule has 6 nitrogen and oxygen atoms in total. The zero-order chi connectivity index (χ0) is 23.4. The Morgan fingerprint density at radius 1 is 1.09 bits per heavy atom. The first-order chi connectivity index (χ1) is 16.0. The first-order valence-corrected chi connectivity index (χ1v) is 12.8. The molecule has 1 aromatic carbocycles. The summed E-state index contributed by atoms with van der Waals surface area (Å²) in [6.45, 7) is 5.50. The molecule has 1 atom stereocenters. The Hall–Kier alpha value is -2.54. The normalized spacial score (nSPS) is 23.7. The highest BCUT2D eigenvalue weighted by Crippen LogP contribution is 2.38. The van der Waals surface area contributed by atoms with E-state index in [-0.39, 0.29) is 24.4 Å². The van der Waals surface area contributed by atoms with Crippen LogP contribution in [0.2, 0.25) is 0 Å². The van der Waals surface area contributed by atoms with Crippen molar-refractivity contribution in [3.05, 3.63) is 46.2 Å². The number of rotatable bonds is 8. The van der Waals surface area contributed by atoms with E-state index in [2.05, 4.69) is 13.8 Å². The molecule has 0 N–H and O–H groups in total. The van der Waals surface area contributed by atoms with Crippen LogP contribution in [0.4, 0.5) is 0 Å². The number of benzene rings is 1. The topological polar surface area (TPSA) is 59.1 Å². The van der Waals surface area contributed by atoms with E-state index in [0.29, 0.717) is 30.6 Å². The highest BCUT2D eigenvalue weighted by atomic mass is 32.1. The molecular weight excluding hydrogens is 436 g/mol. The average molecular weight is 471 g/mol. The highest BCUT2D eigenvalue weighted by Gasteiger charge is 2.43. The van der Waals surface area contributed by atoms with Crippen LogP contribution in [0.1, 0.15) is 62.4 Å². The van der Waals surface area contributed by atoms with Crippen molar-refractivity contribution in [2.24, 2.45) is 5.92 Å². The first-order valence-electron chi connectivity index (χ1n) is 11.9. The van der Waals surface area contributed by atoms with E-state index in [0.717, 1.165) is 42.5 Å². The maximum atomic E-state index is 13.9. The second kappa shape index (κ2) is 10.6. The van der Waals surface area contributed by atoms with Crippen LogP contribution in [0.15, 0.2) is 35.7 Å². The van der Waals surface area contributed by atoms with E-state index < -0.39 is 6.04 Å². The minimum atomic E-state index is -0.665. The minimum Gasteiger partial charge on any atom is -0.493 e. The lowest BCUT2D eigenvalue weighted by molar-refractivity contribution is -0.160. The molecule has 0 bridgehead atoms. The lowest BCUT2D eigenvalue weighted by atomic mass is 9.85. The predicted molar refractivity (Wildman–Crippen MR) is 130 cm³/mol. The fourth-order valence-corrected chi connectivity index (χ4v) is 5.57. The molecule has 1 unspecified atom stereocenters. The molecule has 1 aromatic heterocycles. The van der Waals surface area contributed by atoms with Crippen LogP contribution in [-0.4, -0.2) is 47.9 Å². The van der Waals surface area contributed by atoms with Gasteiger partial charge in [-0.05, 0) is 67.2 Å². The van der Waals surface area contributed by atoms with Gasteiger partial charge in [-0.2, -0.15) is 0 Å². The van der Waals surface area contributed by atoms with Crippen LogP contribution in [0.3, 0.4) is 0 Å². The van der Waals surface area contributed by atoms with Crippen LogP contribution in [0.25, 0.3) is 0 Å². The lowest BCUT2D eigenvalue weighted by Crippen LogP contribution is -2.58. The van der Waals surface area contributed by atoms with Gasteiger partial charge in [-0.1, -0.05) is 26.0 Å². The van der Waals surface area contributed by atoms with Crippen molar-refractivity contribution in [2.45, 2.75) is 64.6 Å². The number of methoxy groups -OCH3 is 1. The Morgan fingerprint density at radius 2 is 1.88 bits per heavy atom. The Morgan fingerprint density at radius 3 is 2.55 bits per heavy atom. The van der Waals surface area contributed by atoms with Crippen LogP contribution in [-0.2, 0) is 16.1 Å². The molecule has 1 saturated carbocycles. The number of hydrogen-bond acceptors (Lipinski definition) is 5. The summed E-state index contributed by atoms with van der Waals surface area (Å²) in [6, 6.07) is 9.07. The van der Waals surface area contributed by atoms with Gasteiger partial charge in [-0.15, -0.1) is 11.3 Å². The molecule has 0 spiro atoms. The summed E-state index contributed by atoms with van der Waals surface area (Å²) in [5.74, 6) is 1.93. The van der Waals surface area contributed by atoms with Crippen LogP contribution in [0, 0.1) is 5.92 Å². The van der Waals surface area contributed by atoms with Crippen LogP contribution in [0.5, 0.6) is 11.5 Å². The van der Waals surface area contributed by atoms with Gasteiger partial charge in [0.25, 0.3) is 5.91 Å². The summed E-state index contributed by atoms with van der Waals surface area (Å²) in [5.41, 5.74) is 0.763. The molecule has 1 aliphatic carbocycles. The predicted octanol–water partition coefficient (Wildman–Crippen LogP) is 5.04. The van der Waals surface area contributed by atoms with Crippen LogP contribution < -0.4 is 9.47 Å². The van der Waals surface area contributed by atoms with Crippen LogP contribution >= 0.6 is 11.3 Å². The quantitative estimate of drug-likeness (QED) is 0.543. The zero-order valence-corrected chi connectivity index (χ0v) is 20.6. The van der Waals surface area contributed by atoms with Gasteiger partial charge in [0, 0.05) is 10.9 Å². The maximum absolute atomic E-state index is 13.9. The minimum absolute atomic E-state index is 0.00287. The van der Waals surface area contributed by atoms with Gasteiger partial charge in [0.05, 0.1) is 20.3 Å². The van der Waals surface area contributed by atoms with E-state index in [1.807, 2.05) is 40.6 Å². The van der Waals surface area contributed by atoms with Crippen molar-refractivity contribution in [3.8, 4) is 11.5 Å². The Bertz CT molecular complexity index is 953. The standard InChI is InChI=1S/C26H34N2O4S/c1-4-13-32-22-12-9-19(15-23(22)31-3)25-26(30)27(20-10-7-18(2)8-11-20)17-24(29)28(25)16-21-6-5-14-33-21/h5-6,9,12,14-15,18,20,25H,4,7-8,10-11,13,16-17H2,1-3H3. The molecule has 4 rings (SSSR count). The SMILES string of the molecule is CCCOc1ccc(C2C(=O)N(C3CCC(C)CC3)CC(=O)N2Cc2cccs2)cc1OC. The number of hydrogen-bond donors (Lipinski definition) is 0. The van der Waals surface area contributed by atoms with Crippen molar-refractivity contribution < 1.29 is 19.1 Å².